The van der Waals surface area contributed by atoms with Crippen LogP contribution in [0.25, 0.3) is 0 Å². The molecule has 0 aromatic rings. The van der Waals surface area contributed by atoms with Crippen LogP contribution in [0.1, 0.15) is 67.2 Å². The fourth-order valence-electron chi connectivity index (χ4n) is 7.86. The second kappa shape index (κ2) is 13.2. The van der Waals surface area contributed by atoms with Crippen molar-refractivity contribution in [2.75, 3.05) is 27.8 Å². The molecule has 4 saturated heterocycles. The fraction of sp³-hybridized carbons (Fsp3) is 0.839. The molecule has 0 aromatic carbocycles. The number of ether oxygens (including phenoxy) is 5. The summed E-state index contributed by atoms with van der Waals surface area (Å²) in [5.74, 6) is -3.42. The number of ketones is 1. The van der Waals surface area contributed by atoms with E-state index in [-0.39, 0.29) is 48.7 Å². The van der Waals surface area contributed by atoms with Crippen LogP contribution in [0.3, 0.4) is 0 Å². The number of amides is 2. The van der Waals surface area contributed by atoms with E-state index < -0.39 is 59.5 Å². The molecule has 11 nitrogen and oxygen atoms in total. The van der Waals surface area contributed by atoms with E-state index in [1.165, 1.54) is 11.8 Å². The molecule has 8 unspecified atom stereocenters. The second-order valence-electron chi connectivity index (χ2n) is 13.6. The van der Waals surface area contributed by atoms with Crippen molar-refractivity contribution in [1.82, 2.24) is 9.80 Å². The van der Waals surface area contributed by atoms with Crippen LogP contribution in [0, 0.1) is 29.1 Å². The molecule has 4 fully saturated rings. The van der Waals surface area contributed by atoms with E-state index in [0.717, 1.165) is 6.42 Å². The molecule has 43 heavy (non-hydrogen) atoms. The summed E-state index contributed by atoms with van der Waals surface area (Å²) in [6, 6.07) is -0.354. The molecular formula is C31H48N2O9Pb. The maximum absolute atomic E-state index is 13.9. The first-order valence-corrected chi connectivity index (χ1v) is 17.6. The number of hydrogen-bond acceptors (Lipinski definition) is 10. The van der Waals surface area contributed by atoms with Crippen LogP contribution in [0.2, 0.25) is 0 Å². The molecule has 0 aliphatic carbocycles. The van der Waals surface area contributed by atoms with Gasteiger partial charge in [-0.25, -0.2) is 0 Å². The number of esters is 1. The number of methoxy groups -OCH3 is 1. The molecular weight excluding hydrogens is 752 g/mol. The van der Waals surface area contributed by atoms with Crippen LogP contribution in [-0.2, 0) is 38.1 Å². The van der Waals surface area contributed by atoms with Gasteiger partial charge in [-0.2, -0.15) is 0 Å². The van der Waals surface area contributed by atoms with Gasteiger partial charge < -0.3 is 0 Å². The van der Waals surface area contributed by atoms with Gasteiger partial charge in [0.25, 0.3) is 0 Å². The predicted molar refractivity (Wildman–Crippen MR) is 158 cm³/mol. The average Bonchev–Trinajstić information content (AvgIpc) is 3.30. The van der Waals surface area contributed by atoms with Gasteiger partial charge in [0, 0.05) is 0 Å². The van der Waals surface area contributed by atoms with Crippen LogP contribution >= 0.6 is 0 Å². The van der Waals surface area contributed by atoms with Crippen LogP contribution in [0.4, 0.5) is 4.79 Å². The standard InChI is InChI=1S/C31H48N2O9.Pb/c1-16-13-31(7,38-10)27(42-24-12-21(32(8)9)11-17(2)40-24)18(3)26(35)19(4)28(36)39-15-22-25-20(5)30(16,6)14-23(34)33(25)29(37)41-22;/h6,16-22,24-25,27H,11-15H2,1-5,7-10H3;/t16-,17?,18+,19?,20?,21?,22?,24?,25?,27?,30+,31-;/m1./s1. The van der Waals surface area contributed by atoms with E-state index in [9.17, 15) is 19.2 Å². The zero-order chi connectivity index (χ0) is 32.0. The van der Waals surface area contributed by atoms with E-state index >= 15 is 0 Å². The van der Waals surface area contributed by atoms with E-state index in [1.54, 1.807) is 14.0 Å². The number of Topliss-reactive ketones (excluding diaryl/α,β-unsaturated/α-hetero) is 1. The van der Waals surface area contributed by atoms with Crippen molar-refractivity contribution >= 4 is 52.6 Å². The van der Waals surface area contributed by atoms with Gasteiger partial charge in [0.1, 0.15) is 0 Å². The summed E-state index contributed by atoms with van der Waals surface area (Å²) in [5.41, 5.74) is -1.56. The number of rotatable bonds is 5. The molecule has 2 radical (unpaired) electrons. The van der Waals surface area contributed by atoms with Crippen molar-refractivity contribution in [3.8, 4) is 0 Å². The Morgan fingerprint density at radius 2 is 1.74 bits per heavy atom. The van der Waals surface area contributed by atoms with Crippen molar-refractivity contribution in [3.63, 3.8) is 0 Å². The topological polar surface area (TPSA) is 121 Å². The Morgan fingerprint density at radius 1 is 1.07 bits per heavy atom. The van der Waals surface area contributed by atoms with Crippen molar-refractivity contribution in [2.45, 2.75) is 110 Å². The number of imide groups is 1. The SMILES string of the molecule is CO[C@]1(C)C[C@@H](C)[C@]2([CH]=[Pb])CC(=O)N3C(=O)OC(COC(=O)C(C)C(=O)[C@H](C)C1OC1CC(N(C)C)CC(C)O1)C3C2C. The Hall–Kier alpha value is -1.29. The van der Waals surface area contributed by atoms with Gasteiger partial charge in [0.2, 0.25) is 0 Å². The number of nitrogens with zero attached hydrogens (tertiary/aromatic N) is 2. The normalized spacial score (nSPS) is 44.6. The third-order valence-electron chi connectivity index (χ3n) is 10.7. The Bertz CT molecular complexity index is 1120. The summed E-state index contributed by atoms with van der Waals surface area (Å²) in [4.78, 5) is 56.8. The second-order valence-corrected chi connectivity index (χ2v) is 14.7. The van der Waals surface area contributed by atoms with E-state index in [0.29, 0.717) is 38.1 Å². The van der Waals surface area contributed by atoms with E-state index in [4.69, 9.17) is 23.7 Å². The molecule has 0 spiro atoms. The summed E-state index contributed by atoms with van der Waals surface area (Å²) >= 11 is 0.709. The molecule has 2 bridgehead atoms. The molecule has 12 heteroatoms. The molecule has 4 aliphatic rings. The number of piperidine rings is 1. The first kappa shape index (κ1) is 34.6. The molecule has 2 amide bonds. The van der Waals surface area contributed by atoms with Gasteiger partial charge in [-0.1, -0.05) is 0 Å². The third kappa shape index (κ3) is 6.39. The van der Waals surface area contributed by atoms with Crippen molar-refractivity contribution < 1.29 is 42.9 Å². The summed E-state index contributed by atoms with van der Waals surface area (Å²) < 4.78 is 32.7. The number of fused-ring (bicyclic) bond motifs is 1. The van der Waals surface area contributed by atoms with Crippen LogP contribution in [0.5, 0.6) is 0 Å². The minimum absolute atomic E-state index is 0.0402. The van der Waals surface area contributed by atoms with Crippen molar-refractivity contribution in [2.24, 2.45) is 29.1 Å². The Morgan fingerprint density at radius 3 is 2.35 bits per heavy atom. The monoisotopic (exact) mass is 800 g/mol. The Labute approximate surface area is 270 Å². The first-order chi connectivity index (χ1) is 20.1. The molecule has 0 N–H and O–H groups in total. The Balaban J connectivity index is 1.78. The quantitative estimate of drug-likeness (QED) is 0.233. The summed E-state index contributed by atoms with van der Waals surface area (Å²) in [6.07, 6.45) is -0.797. The zero-order valence-electron chi connectivity index (χ0n) is 27.0. The Kier molecular flexibility index (Phi) is 10.6. The molecule has 4 heterocycles. The average molecular weight is 800 g/mol. The van der Waals surface area contributed by atoms with Gasteiger partial charge in [0.05, 0.1) is 0 Å². The maximum atomic E-state index is 13.9. The van der Waals surface area contributed by atoms with Crippen LogP contribution in [0.15, 0.2) is 0 Å². The number of cyclic esters (lactones) is 1. The number of carbonyl (C=O) groups excluding carboxylic acids is 4. The molecule has 12 atom stereocenters. The summed E-state index contributed by atoms with van der Waals surface area (Å²) in [6.45, 7) is 11.2. The third-order valence-corrected chi connectivity index (χ3v) is 12.8. The van der Waals surface area contributed by atoms with Crippen molar-refractivity contribution in [3.05, 3.63) is 0 Å². The van der Waals surface area contributed by atoms with Crippen molar-refractivity contribution in [1.29, 1.82) is 0 Å². The van der Waals surface area contributed by atoms with Gasteiger partial charge in [0.15, 0.2) is 0 Å². The van der Waals surface area contributed by atoms with Gasteiger partial charge in [-0.05, 0) is 0 Å². The molecule has 4 rings (SSSR count). The van der Waals surface area contributed by atoms with Gasteiger partial charge in [-0.3, -0.25) is 0 Å². The summed E-state index contributed by atoms with van der Waals surface area (Å²) in [7, 11) is 5.68. The molecule has 4 aliphatic heterocycles. The van der Waals surface area contributed by atoms with E-state index in [2.05, 4.69) is 15.4 Å². The fourth-order valence-corrected chi connectivity index (χ4v) is 10.4. The molecule has 0 aromatic heterocycles. The molecule has 240 valence electrons. The minimum atomic E-state index is -1.09. The molecule has 0 saturated carbocycles. The first-order valence-electron chi connectivity index (χ1n) is 15.4. The summed E-state index contributed by atoms with van der Waals surface area (Å²) in [5, 5.41) is 0. The zero-order valence-corrected chi connectivity index (χ0v) is 30.8. The predicted octanol–water partition coefficient (Wildman–Crippen LogP) is 2.37. The van der Waals surface area contributed by atoms with E-state index in [1.807, 2.05) is 34.9 Å². The van der Waals surface area contributed by atoms with Crippen LogP contribution in [-0.4, -0.2) is 132 Å². The number of hydrogen-bond donors (Lipinski definition) is 0. The van der Waals surface area contributed by atoms with Gasteiger partial charge in [-0.15, -0.1) is 0 Å². The van der Waals surface area contributed by atoms with Crippen LogP contribution < -0.4 is 0 Å². The van der Waals surface area contributed by atoms with Gasteiger partial charge >= 0.3 is 272 Å². The number of carbonyl (C=O) groups is 4.